The Hall–Kier alpha value is -0.810. The zero-order chi connectivity index (χ0) is 14.8. The number of aliphatic hydroxyl groups excluding tert-OH is 1. The fourth-order valence-electron chi connectivity index (χ4n) is 3.04. The molecule has 1 saturated heterocycles. The Morgan fingerprint density at radius 1 is 1.25 bits per heavy atom. The summed E-state index contributed by atoms with van der Waals surface area (Å²) in [6.45, 7) is 7.13. The van der Waals surface area contributed by atoms with Gasteiger partial charge in [-0.2, -0.15) is 0 Å². The van der Waals surface area contributed by atoms with E-state index in [1.165, 1.54) is 0 Å². The molecule has 0 aromatic heterocycles. The summed E-state index contributed by atoms with van der Waals surface area (Å²) < 4.78 is 5.40. The fourth-order valence-corrected chi connectivity index (χ4v) is 3.04. The van der Waals surface area contributed by atoms with Gasteiger partial charge in [0.2, 0.25) is 0 Å². The summed E-state index contributed by atoms with van der Waals surface area (Å²) in [6.07, 6.45) is 4.55. The summed E-state index contributed by atoms with van der Waals surface area (Å²) in [5, 5.41) is 13.3. The molecule has 0 spiro atoms. The summed E-state index contributed by atoms with van der Waals surface area (Å²) in [5.74, 6) is 0. The molecule has 1 aliphatic heterocycles. The molecule has 0 bridgehead atoms. The zero-order valence-electron chi connectivity index (χ0n) is 12.9. The average molecular weight is 284 g/mol. The lowest BCUT2D eigenvalue weighted by atomic mass is 9.92. The lowest BCUT2D eigenvalue weighted by Gasteiger charge is -2.29. The van der Waals surface area contributed by atoms with Gasteiger partial charge in [-0.15, -0.1) is 0 Å². The normalized spacial score (nSPS) is 31.4. The lowest BCUT2D eigenvalue weighted by molar-refractivity contribution is 0.0288. The number of aliphatic hydroxyl groups is 1. The van der Waals surface area contributed by atoms with Gasteiger partial charge in [0.05, 0.1) is 6.10 Å². The minimum absolute atomic E-state index is 0.162. The first-order valence-electron chi connectivity index (χ1n) is 7.75. The number of nitrogens with zero attached hydrogens (tertiary/aromatic N) is 1. The van der Waals surface area contributed by atoms with Crippen molar-refractivity contribution in [1.82, 2.24) is 10.2 Å². The third-order valence-corrected chi connectivity index (χ3v) is 3.96. The van der Waals surface area contributed by atoms with E-state index in [1.54, 1.807) is 4.90 Å². The summed E-state index contributed by atoms with van der Waals surface area (Å²) in [5.41, 5.74) is -0.434. The van der Waals surface area contributed by atoms with Crippen molar-refractivity contribution < 1.29 is 14.6 Å². The maximum atomic E-state index is 12.0. The Bertz CT molecular complexity index is 341. The number of hydrogen-bond acceptors (Lipinski definition) is 4. The van der Waals surface area contributed by atoms with E-state index in [2.05, 4.69) is 5.32 Å². The van der Waals surface area contributed by atoms with Gasteiger partial charge in [0.25, 0.3) is 0 Å². The molecular formula is C15H28N2O3. The maximum Gasteiger partial charge on any atom is 0.410 e. The second-order valence-corrected chi connectivity index (χ2v) is 7.10. The summed E-state index contributed by atoms with van der Waals surface area (Å²) in [4.78, 5) is 13.8. The van der Waals surface area contributed by atoms with Gasteiger partial charge in [0.15, 0.2) is 0 Å². The number of nitrogens with one attached hydrogen (secondary N) is 1. The number of rotatable bonds is 2. The standard InChI is InChI=1S/C15H28N2O3/c1-15(2,3)20-14(19)17-8-7-12(10-17)16-11-5-4-6-13(18)9-11/h11-13,16,18H,4-10H2,1-3H3. The van der Waals surface area contributed by atoms with Gasteiger partial charge in [-0.25, -0.2) is 4.79 Å². The molecule has 3 atom stereocenters. The van der Waals surface area contributed by atoms with E-state index in [0.29, 0.717) is 18.6 Å². The summed E-state index contributed by atoms with van der Waals surface area (Å²) in [7, 11) is 0. The molecule has 2 aliphatic rings. The molecule has 116 valence electrons. The second-order valence-electron chi connectivity index (χ2n) is 7.10. The van der Waals surface area contributed by atoms with Crippen LogP contribution in [0.2, 0.25) is 0 Å². The molecule has 5 heteroatoms. The minimum atomic E-state index is -0.434. The highest BCUT2D eigenvalue weighted by atomic mass is 16.6. The Balaban J connectivity index is 1.76. The van der Waals surface area contributed by atoms with Crippen LogP contribution in [0.5, 0.6) is 0 Å². The average Bonchev–Trinajstić information content (AvgIpc) is 2.75. The Labute approximate surface area is 121 Å². The van der Waals surface area contributed by atoms with Crippen LogP contribution in [-0.2, 0) is 4.74 Å². The first-order chi connectivity index (χ1) is 9.33. The highest BCUT2D eigenvalue weighted by Crippen LogP contribution is 2.21. The van der Waals surface area contributed by atoms with Crippen LogP contribution in [0, 0.1) is 0 Å². The second kappa shape index (κ2) is 6.31. The largest absolute Gasteiger partial charge is 0.444 e. The van der Waals surface area contributed by atoms with Gasteiger partial charge >= 0.3 is 6.09 Å². The molecule has 0 radical (unpaired) electrons. The number of ether oxygens (including phenoxy) is 1. The Morgan fingerprint density at radius 3 is 2.65 bits per heavy atom. The van der Waals surface area contributed by atoms with E-state index in [9.17, 15) is 9.90 Å². The van der Waals surface area contributed by atoms with Crippen molar-refractivity contribution in [2.24, 2.45) is 0 Å². The SMILES string of the molecule is CC(C)(C)OC(=O)N1CCC(NC2CCCC(O)C2)C1. The quantitative estimate of drug-likeness (QED) is 0.813. The van der Waals surface area contributed by atoms with Gasteiger partial charge in [0.1, 0.15) is 5.60 Å². The molecule has 3 unspecified atom stereocenters. The molecule has 2 rings (SSSR count). The topological polar surface area (TPSA) is 61.8 Å². The van der Waals surface area contributed by atoms with Crippen LogP contribution >= 0.6 is 0 Å². The van der Waals surface area contributed by atoms with E-state index in [-0.39, 0.29) is 12.2 Å². The highest BCUT2D eigenvalue weighted by molar-refractivity contribution is 5.68. The first kappa shape index (κ1) is 15.6. The van der Waals surface area contributed by atoms with Crippen molar-refractivity contribution in [3.8, 4) is 0 Å². The van der Waals surface area contributed by atoms with E-state index < -0.39 is 5.60 Å². The van der Waals surface area contributed by atoms with Crippen LogP contribution in [0.1, 0.15) is 52.9 Å². The minimum Gasteiger partial charge on any atom is -0.444 e. The maximum absolute atomic E-state index is 12.0. The van der Waals surface area contributed by atoms with Crippen molar-refractivity contribution in [3.05, 3.63) is 0 Å². The monoisotopic (exact) mass is 284 g/mol. The molecule has 2 fully saturated rings. The van der Waals surface area contributed by atoms with E-state index in [0.717, 1.165) is 38.6 Å². The number of amides is 1. The van der Waals surface area contributed by atoms with Crippen molar-refractivity contribution in [3.63, 3.8) is 0 Å². The van der Waals surface area contributed by atoms with Gasteiger partial charge in [-0.1, -0.05) is 0 Å². The molecule has 1 heterocycles. The van der Waals surface area contributed by atoms with Crippen LogP contribution in [-0.4, -0.2) is 53.0 Å². The van der Waals surface area contributed by atoms with E-state index >= 15 is 0 Å². The predicted octanol–water partition coefficient (Wildman–Crippen LogP) is 1.89. The van der Waals surface area contributed by atoms with Crippen LogP contribution < -0.4 is 5.32 Å². The van der Waals surface area contributed by atoms with E-state index in [4.69, 9.17) is 4.74 Å². The van der Waals surface area contributed by atoms with Crippen LogP contribution in [0.15, 0.2) is 0 Å². The molecule has 1 saturated carbocycles. The number of carbonyl (C=O) groups excluding carboxylic acids is 1. The van der Waals surface area contributed by atoms with Crippen LogP contribution in [0.25, 0.3) is 0 Å². The molecule has 1 aliphatic carbocycles. The molecule has 0 aromatic rings. The zero-order valence-corrected chi connectivity index (χ0v) is 12.9. The van der Waals surface area contributed by atoms with Crippen molar-refractivity contribution in [2.45, 2.75) is 76.7 Å². The number of carbonyl (C=O) groups is 1. The first-order valence-corrected chi connectivity index (χ1v) is 7.75. The van der Waals surface area contributed by atoms with Gasteiger partial charge in [-0.05, 0) is 52.9 Å². The molecule has 5 nitrogen and oxygen atoms in total. The van der Waals surface area contributed by atoms with Crippen molar-refractivity contribution >= 4 is 6.09 Å². The third kappa shape index (κ3) is 4.63. The van der Waals surface area contributed by atoms with Crippen molar-refractivity contribution in [2.75, 3.05) is 13.1 Å². The molecule has 0 aromatic carbocycles. The van der Waals surface area contributed by atoms with Crippen LogP contribution in [0.3, 0.4) is 0 Å². The van der Waals surface area contributed by atoms with Gasteiger partial charge in [0, 0.05) is 25.2 Å². The Morgan fingerprint density at radius 2 is 2.00 bits per heavy atom. The highest BCUT2D eigenvalue weighted by Gasteiger charge is 2.31. The fraction of sp³-hybridized carbons (Fsp3) is 0.933. The molecule has 20 heavy (non-hydrogen) atoms. The predicted molar refractivity (Wildman–Crippen MR) is 77.6 cm³/mol. The van der Waals surface area contributed by atoms with E-state index in [1.807, 2.05) is 20.8 Å². The molecule has 1 amide bonds. The van der Waals surface area contributed by atoms with Crippen LogP contribution in [0.4, 0.5) is 4.79 Å². The number of likely N-dealkylation sites (tertiary alicyclic amines) is 1. The third-order valence-electron chi connectivity index (χ3n) is 3.96. The van der Waals surface area contributed by atoms with Gasteiger partial charge < -0.3 is 20.1 Å². The summed E-state index contributed by atoms with van der Waals surface area (Å²) >= 11 is 0. The molecular weight excluding hydrogens is 256 g/mol. The van der Waals surface area contributed by atoms with Gasteiger partial charge in [-0.3, -0.25) is 0 Å². The lowest BCUT2D eigenvalue weighted by Crippen LogP contribution is -2.44. The smallest absolute Gasteiger partial charge is 0.410 e. The summed E-state index contributed by atoms with van der Waals surface area (Å²) in [6, 6.07) is 0.722. The van der Waals surface area contributed by atoms with Crippen molar-refractivity contribution in [1.29, 1.82) is 0 Å². The number of hydrogen-bond donors (Lipinski definition) is 2. The Kier molecular flexibility index (Phi) is 4.91. The molecule has 2 N–H and O–H groups in total.